The third kappa shape index (κ3) is 27.8. The summed E-state index contributed by atoms with van der Waals surface area (Å²) in [6, 6.07) is 0. The van der Waals surface area contributed by atoms with E-state index in [4.69, 9.17) is 61.6 Å². The fraction of sp³-hybridized carbons (Fsp3) is 0.821. The van der Waals surface area contributed by atoms with Crippen LogP contribution < -0.4 is 0 Å². The molecule has 19 nitrogen and oxygen atoms in total. The van der Waals surface area contributed by atoms with Gasteiger partial charge in [-0.15, -0.1) is 0 Å². The first-order valence-electron chi connectivity index (χ1n) is 20.1. The minimum Gasteiger partial charge on any atom is -0.462 e. The van der Waals surface area contributed by atoms with Crippen molar-refractivity contribution < 1.29 is 85.6 Å². The molecule has 0 aromatic heterocycles. The Hall–Kier alpha value is -2.79. The van der Waals surface area contributed by atoms with Crippen molar-refractivity contribution in [2.75, 3.05) is 165 Å². The molecule has 58 heavy (non-hydrogen) atoms. The molecule has 2 unspecified atom stereocenters. The highest BCUT2D eigenvalue weighted by atomic mass is 16.6. The summed E-state index contributed by atoms with van der Waals surface area (Å²) in [4.78, 5) is 59.5. The molecule has 1 heterocycles. The van der Waals surface area contributed by atoms with Gasteiger partial charge < -0.3 is 61.6 Å². The molecule has 2 rings (SSSR count). The summed E-state index contributed by atoms with van der Waals surface area (Å²) in [5, 5.41) is 0. The summed E-state index contributed by atoms with van der Waals surface area (Å²) >= 11 is 0. The summed E-state index contributed by atoms with van der Waals surface area (Å²) in [6.45, 7) is 11.9. The first kappa shape index (κ1) is 51.4. The zero-order valence-corrected chi connectivity index (χ0v) is 34.1. The van der Waals surface area contributed by atoms with Gasteiger partial charge in [-0.25, -0.2) is 0 Å². The number of nitrogens with zero attached hydrogens (tertiary/aromatic N) is 1. The Bertz CT molecular complexity index is 1120. The fourth-order valence-corrected chi connectivity index (χ4v) is 5.17. The minimum atomic E-state index is -0.618. The fourth-order valence-electron chi connectivity index (χ4n) is 5.17. The lowest BCUT2D eigenvalue weighted by Crippen LogP contribution is -2.35. The van der Waals surface area contributed by atoms with Crippen molar-refractivity contribution in [2.24, 2.45) is 5.92 Å². The van der Waals surface area contributed by atoms with Crippen LogP contribution in [0.2, 0.25) is 0 Å². The number of rotatable bonds is 41. The normalized spacial score (nSPS) is 16.2. The Morgan fingerprint density at radius 1 is 0.500 bits per heavy atom. The summed E-state index contributed by atoms with van der Waals surface area (Å²) in [5.41, 5.74) is 0. The number of hydrogen-bond donors (Lipinski definition) is 0. The molecule has 0 bridgehead atoms. The van der Waals surface area contributed by atoms with Gasteiger partial charge in [0.25, 0.3) is 11.8 Å². The Morgan fingerprint density at radius 2 is 0.810 bits per heavy atom. The van der Waals surface area contributed by atoms with Gasteiger partial charge in [-0.1, -0.05) is 0 Å². The highest BCUT2D eigenvalue weighted by molar-refractivity contribution is 6.12. The first-order chi connectivity index (χ1) is 28.4. The highest BCUT2D eigenvalue weighted by Gasteiger charge is 2.33. The van der Waals surface area contributed by atoms with Gasteiger partial charge in [-0.2, -0.15) is 0 Å². The minimum absolute atomic E-state index is 0.0283. The highest BCUT2D eigenvalue weighted by Crippen LogP contribution is 2.23. The smallest absolute Gasteiger partial charge is 0.308 e. The molecule has 1 aliphatic heterocycles. The van der Waals surface area contributed by atoms with Crippen LogP contribution in [-0.2, 0) is 85.6 Å². The maximum atomic E-state index is 12.0. The molecule has 0 aromatic rings. The van der Waals surface area contributed by atoms with Crippen molar-refractivity contribution in [3.63, 3.8) is 0 Å². The maximum Gasteiger partial charge on any atom is 0.308 e. The number of carbonyl (C=O) groups is 5. The summed E-state index contributed by atoms with van der Waals surface area (Å²) in [6.07, 6.45) is 2.57. The van der Waals surface area contributed by atoms with E-state index in [1.165, 1.54) is 12.2 Å². The van der Waals surface area contributed by atoms with Crippen LogP contribution in [0, 0.1) is 5.92 Å². The number of ether oxygens (including phenoxy) is 13. The zero-order chi connectivity index (χ0) is 41.7. The average molecular weight is 836 g/mol. The standard InChI is InChI=1S/C39H65NO18/c1-33(35-32-34(41)2-3-36(35)42)58-39(45)6-8-46-10-12-48-14-16-50-18-20-52-22-24-54-26-28-56-30-31-57-29-27-55-25-23-53-21-19-51-17-15-49-13-11-47-9-7-40-37(43)4-5-38(40)44/h4-5,33,35H,2-3,6-32H2,1H3. The molecule has 0 aromatic carbocycles. The first-order valence-corrected chi connectivity index (χ1v) is 20.1. The molecular formula is C39H65NO18. The Balaban J connectivity index is 1.15. The van der Waals surface area contributed by atoms with Crippen LogP contribution >= 0.6 is 0 Å². The second kappa shape index (κ2) is 36.1. The number of imide groups is 1. The average Bonchev–Trinajstić information content (AvgIpc) is 3.53. The van der Waals surface area contributed by atoms with E-state index in [0.717, 1.165) is 4.90 Å². The summed E-state index contributed by atoms with van der Waals surface area (Å²) in [7, 11) is 0. The number of amides is 2. The molecule has 0 N–H and O–H groups in total. The summed E-state index contributed by atoms with van der Waals surface area (Å²) < 4.78 is 70.6. The number of esters is 1. The summed E-state index contributed by atoms with van der Waals surface area (Å²) in [5.74, 6) is -1.64. The van der Waals surface area contributed by atoms with Gasteiger partial charge in [0.1, 0.15) is 17.7 Å². The third-order valence-electron chi connectivity index (χ3n) is 8.30. The molecule has 2 atom stereocenters. The van der Waals surface area contributed by atoms with E-state index in [9.17, 15) is 24.0 Å². The molecule has 0 saturated heterocycles. The van der Waals surface area contributed by atoms with Crippen LogP contribution in [-0.4, -0.2) is 205 Å². The molecule has 1 saturated carbocycles. The van der Waals surface area contributed by atoms with E-state index in [1.54, 1.807) is 6.92 Å². The molecule has 2 amide bonds. The number of carbonyl (C=O) groups excluding carboxylic acids is 5. The van der Waals surface area contributed by atoms with Gasteiger partial charge in [0.05, 0.1) is 177 Å². The predicted molar refractivity (Wildman–Crippen MR) is 203 cm³/mol. The molecule has 0 spiro atoms. The molecule has 0 radical (unpaired) electrons. The Morgan fingerprint density at radius 3 is 1.16 bits per heavy atom. The van der Waals surface area contributed by atoms with Crippen molar-refractivity contribution in [3.8, 4) is 0 Å². The van der Waals surface area contributed by atoms with E-state index < -0.39 is 18.0 Å². The second-order valence-electron chi connectivity index (χ2n) is 12.8. The van der Waals surface area contributed by atoms with Crippen molar-refractivity contribution in [3.05, 3.63) is 12.2 Å². The molecule has 334 valence electrons. The molecule has 1 fully saturated rings. The van der Waals surface area contributed by atoms with Crippen LogP contribution in [0.4, 0.5) is 0 Å². The third-order valence-corrected chi connectivity index (χ3v) is 8.30. The van der Waals surface area contributed by atoms with Gasteiger partial charge in [-0.05, 0) is 6.92 Å². The van der Waals surface area contributed by atoms with Crippen LogP contribution in [0.3, 0.4) is 0 Å². The number of Topliss-reactive ketones (excluding diaryl/α,β-unsaturated/α-hetero) is 2. The van der Waals surface area contributed by atoms with E-state index >= 15 is 0 Å². The van der Waals surface area contributed by atoms with Crippen molar-refractivity contribution >= 4 is 29.4 Å². The van der Waals surface area contributed by atoms with Gasteiger partial charge in [0.15, 0.2) is 0 Å². The lowest BCUT2D eigenvalue weighted by molar-refractivity contribution is -0.156. The molecule has 2 aliphatic rings. The lowest BCUT2D eigenvalue weighted by atomic mass is 9.84. The quantitative estimate of drug-likeness (QED) is 0.0463. The number of ketones is 2. The van der Waals surface area contributed by atoms with E-state index in [0.29, 0.717) is 145 Å². The van der Waals surface area contributed by atoms with Gasteiger partial charge in [0, 0.05) is 31.4 Å². The van der Waals surface area contributed by atoms with E-state index in [1.807, 2.05) is 0 Å². The van der Waals surface area contributed by atoms with Crippen molar-refractivity contribution in [1.82, 2.24) is 4.90 Å². The van der Waals surface area contributed by atoms with E-state index in [2.05, 4.69) is 0 Å². The number of hydrogen-bond acceptors (Lipinski definition) is 18. The van der Waals surface area contributed by atoms with Crippen LogP contribution in [0.15, 0.2) is 12.2 Å². The van der Waals surface area contributed by atoms with Crippen LogP contribution in [0.5, 0.6) is 0 Å². The zero-order valence-electron chi connectivity index (χ0n) is 34.1. The van der Waals surface area contributed by atoms with Crippen LogP contribution in [0.25, 0.3) is 0 Å². The largest absolute Gasteiger partial charge is 0.462 e. The maximum absolute atomic E-state index is 12.0. The monoisotopic (exact) mass is 835 g/mol. The predicted octanol–water partition coefficient (Wildman–Crippen LogP) is 0.371. The second-order valence-corrected chi connectivity index (χ2v) is 12.8. The Kier molecular flexibility index (Phi) is 32.0. The molecule has 1 aliphatic carbocycles. The van der Waals surface area contributed by atoms with Crippen LogP contribution in [0.1, 0.15) is 32.6 Å². The van der Waals surface area contributed by atoms with Gasteiger partial charge in [0.2, 0.25) is 0 Å². The Labute approximate surface area is 341 Å². The van der Waals surface area contributed by atoms with Crippen molar-refractivity contribution in [1.29, 1.82) is 0 Å². The van der Waals surface area contributed by atoms with Crippen molar-refractivity contribution in [2.45, 2.75) is 38.7 Å². The molecular weight excluding hydrogens is 770 g/mol. The SMILES string of the molecule is CC(OC(=O)CCOCCOCCOCCOCCOCCOCCOCCOCCOCCOCCOCCOCCN1C(=O)C=CC1=O)C1CC(=O)CCC1=O. The molecule has 19 heteroatoms. The van der Waals surface area contributed by atoms with E-state index in [-0.39, 0.29) is 68.8 Å². The van der Waals surface area contributed by atoms with Gasteiger partial charge >= 0.3 is 5.97 Å². The topological polar surface area (TPSA) is 209 Å². The lowest BCUT2D eigenvalue weighted by Gasteiger charge is -2.25. The van der Waals surface area contributed by atoms with Gasteiger partial charge in [-0.3, -0.25) is 28.9 Å².